The van der Waals surface area contributed by atoms with Crippen LogP contribution in [0.3, 0.4) is 0 Å². The second kappa shape index (κ2) is 7.33. The normalized spacial score (nSPS) is 11.4. The lowest BCUT2D eigenvalue weighted by Crippen LogP contribution is -2.00. The Hall–Kier alpha value is -2.37. The number of benzene rings is 1. The average molecular weight is 426 g/mol. The van der Waals surface area contributed by atoms with Crippen molar-refractivity contribution in [3.05, 3.63) is 46.7 Å². The first-order valence-electron chi connectivity index (χ1n) is 7.54. The second-order valence-corrected chi connectivity index (χ2v) is 8.02. The van der Waals surface area contributed by atoms with Gasteiger partial charge < -0.3 is 5.32 Å². The number of halogens is 3. The Balaban J connectivity index is 1.52. The summed E-state index contributed by atoms with van der Waals surface area (Å²) in [6, 6.07) is 8.84. The highest BCUT2D eigenvalue weighted by molar-refractivity contribution is 8.01. The van der Waals surface area contributed by atoms with Crippen LogP contribution in [0.2, 0.25) is 5.02 Å². The number of nitrogens with one attached hydrogen (secondary N) is 1. The van der Waals surface area contributed by atoms with Crippen molar-refractivity contribution >= 4 is 51.2 Å². The van der Waals surface area contributed by atoms with Gasteiger partial charge in [0, 0.05) is 10.7 Å². The predicted octanol–water partition coefficient (Wildman–Crippen LogP) is 4.77. The van der Waals surface area contributed by atoms with Gasteiger partial charge >= 0.3 is 0 Å². The smallest absolute Gasteiger partial charge is 0.299 e. The van der Waals surface area contributed by atoms with E-state index in [0.29, 0.717) is 19.5 Å². The van der Waals surface area contributed by atoms with Crippen LogP contribution in [0.15, 0.2) is 39.7 Å². The number of alkyl halides is 2. The van der Waals surface area contributed by atoms with Gasteiger partial charge in [0.25, 0.3) is 6.43 Å². The molecule has 0 unspecified atom stereocenters. The standard InChI is InChI=1S/C15H10ClF2N7S2/c1-7-2-3-8(6-9(7)16)19-14-22-23-15(27-14)26-11-5-4-10-20-21-13(12(17)18)25(10)24-11/h2-6,12H,1H3,(H,19,22). The number of hydrogen-bond acceptors (Lipinski definition) is 8. The third-order valence-corrected chi connectivity index (χ3v) is 5.70. The summed E-state index contributed by atoms with van der Waals surface area (Å²) in [5, 5.41) is 24.3. The van der Waals surface area contributed by atoms with Crippen LogP contribution >= 0.6 is 34.7 Å². The number of hydrogen-bond donors (Lipinski definition) is 1. The van der Waals surface area contributed by atoms with Gasteiger partial charge in [-0.1, -0.05) is 29.0 Å². The van der Waals surface area contributed by atoms with Gasteiger partial charge in [0.05, 0.1) is 0 Å². The Morgan fingerprint density at radius 2 is 2.00 bits per heavy atom. The first-order chi connectivity index (χ1) is 13.0. The SMILES string of the molecule is Cc1ccc(Nc2nnc(Sc3ccc4nnc(C(F)F)n4n3)s2)cc1Cl. The number of fused-ring (bicyclic) bond motifs is 1. The summed E-state index contributed by atoms with van der Waals surface area (Å²) in [6.07, 6.45) is -2.76. The molecule has 0 saturated carbocycles. The van der Waals surface area contributed by atoms with Crippen LogP contribution in [-0.4, -0.2) is 30.0 Å². The first-order valence-corrected chi connectivity index (χ1v) is 9.56. The predicted molar refractivity (Wildman–Crippen MR) is 99.2 cm³/mol. The summed E-state index contributed by atoms with van der Waals surface area (Å²) in [7, 11) is 0. The fourth-order valence-electron chi connectivity index (χ4n) is 2.16. The summed E-state index contributed by atoms with van der Waals surface area (Å²) in [4.78, 5) is 0. The molecule has 0 fully saturated rings. The molecule has 138 valence electrons. The van der Waals surface area contributed by atoms with E-state index in [-0.39, 0.29) is 5.65 Å². The monoisotopic (exact) mass is 425 g/mol. The Kier molecular flexibility index (Phi) is 4.89. The highest BCUT2D eigenvalue weighted by Gasteiger charge is 2.17. The zero-order valence-corrected chi connectivity index (χ0v) is 16.0. The van der Waals surface area contributed by atoms with Gasteiger partial charge in [-0.3, -0.25) is 0 Å². The van der Waals surface area contributed by atoms with Gasteiger partial charge in [0.1, 0.15) is 5.03 Å². The maximum atomic E-state index is 12.9. The molecule has 0 aliphatic rings. The fourth-order valence-corrected chi connectivity index (χ4v) is 4.02. The van der Waals surface area contributed by atoms with Gasteiger partial charge in [-0.05, 0) is 48.5 Å². The van der Waals surface area contributed by atoms with E-state index in [4.69, 9.17) is 11.6 Å². The Morgan fingerprint density at radius 1 is 1.15 bits per heavy atom. The Bertz CT molecular complexity index is 1110. The molecule has 12 heteroatoms. The molecule has 0 amide bonds. The summed E-state index contributed by atoms with van der Waals surface area (Å²) in [5.41, 5.74) is 2.03. The molecular weight excluding hydrogens is 416 g/mol. The third-order valence-electron chi connectivity index (χ3n) is 3.48. The lowest BCUT2D eigenvalue weighted by Gasteiger charge is -2.03. The van der Waals surface area contributed by atoms with E-state index < -0.39 is 12.2 Å². The molecule has 7 nitrogen and oxygen atoms in total. The van der Waals surface area contributed by atoms with E-state index in [2.05, 4.69) is 30.8 Å². The van der Waals surface area contributed by atoms with Crippen molar-refractivity contribution < 1.29 is 8.78 Å². The topological polar surface area (TPSA) is 80.9 Å². The van der Waals surface area contributed by atoms with Crippen molar-refractivity contribution in [3.8, 4) is 0 Å². The van der Waals surface area contributed by atoms with Gasteiger partial charge in [0.15, 0.2) is 9.99 Å². The molecule has 1 aromatic carbocycles. The summed E-state index contributed by atoms with van der Waals surface area (Å²) in [6.45, 7) is 1.92. The Morgan fingerprint density at radius 3 is 2.78 bits per heavy atom. The minimum atomic E-state index is -2.76. The molecule has 3 aromatic heterocycles. The van der Waals surface area contributed by atoms with E-state index in [1.54, 1.807) is 18.2 Å². The van der Waals surface area contributed by atoms with Crippen molar-refractivity contribution in [3.63, 3.8) is 0 Å². The molecule has 4 rings (SSSR count). The summed E-state index contributed by atoms with van der Waals surface area (Å²) in [5.74, 6) is -0.497. The molecule has 0 aliphatic heterocycles. The number of aromatic nitrogens is 6. The summed E-state index contributed by atoms with van der Waals surface area (Å²) >= 11 is 8.63. The molecule has 0 spiro atoms. The number of aryl methyl sites for hydroxylation is 1. The van der Waals surface area contributed by atoms with Gasteiger partial charge in [-0.2, -0.15) is 9.61 Å². The molecule has 0 bridgehead atoms. The quantitative estimate of drug-likeness (QED) is 0.493. The third kappa shape index (κ3) is 3.84. The van der Waals surface area contributed by atoms with Crippen molar-refractivity contribution in [1.29, 1.82) is 0 Å². The van der Waals surface area contributed by atoms with Crippen molar-refractivity contribution in [2.24, 2.45) is 0 Å². The van der Waals surface area contributed by atoms with E-state index in [0.717, 1.165) is 15.8 Å². The van der Waals surface area contributed by atoms with Crippen LogP contribution < -0.4 is 5.32 Å². The number of anilines is 2. The Labute approximate surface area is 164 Å². The minimum Gasteiger partial charge on any atom is -0.330 e. The maximum Gasteiger partial charge on any atom is 0.299 e. The number of rotatable bonds is 5. The molecule has 3 heterocycles. The number of nitrogens with zero attached hydrogens (tertiary/aromatic N) is 6. The van der Waals surface area contributed by atoms with E-state index in [9.17, 15) is 8.78 Å². The van der Waals surface area contributed by atoms with Crippen molar-refractivity contribution in [1.82, 2.24) is 30.0 Å². The van der Waals surface area contributed by atoms with E-state index in [1.807, 2.05) is 19.1 Å². The molecule has 27 heavy (non-hydrogen) atoms. The molecule has 0 aliphatic carbocycles. The zero-order valence-electron chi connectivity index (χ0n) is 13.6. The van der Waals surface area contributed by atoms with Crippen LogP contribution in [0, 0.1) is 6.92 Å². The highest BCUT2D eigenvalue weighted by atomic mass is 35.5. The molecular formula is C15H10ClF2N7S2. The molecule has 4 aromatic rings. The van der Waals surface area contributed by atoms with Gasteiger partial charge in [-0.25, -0.2) is 8.78 Å². The van der Waals surface area contributed by atoms with Crippen LogP contribution in [0.4, 0.5) is 19.6 Å². The van der Waals surface area contributed by atoms with Crippen LogP contribution in [0.1, 0.15) is 17.8 Å². The molecule has 0 atom stereocenters. The zero-order chi connectivity index (χ0) is 19.0. The second-order valence-electron chi connectivity index (χ2n) is 5.36. The van der Waals surface area contributed by atoms with E-state index in [1.165, 1.54) is 23.1 Å². The lowest BCUT2D eigenvalue weighted by molar-refractivity contribution is 0.137. The van der Waals surface area contributed by atoms with Gasteiger partial charge in [-0.15, -0.1) is 20.4 Å². The van der Waals surface area contributed by atoms with Gasteiger partial charge in [0.2, 0.25) is 11.0 Å². The first kappa shape index (κ1) is 18.0. The van der Waals surface area contributed by atoms with Crippen molar-refractivity contribution in [2.75, 3.05) is 5.32 Å². The molecule has 1 N–H and O–H groups in total. The highest BCUT2D eigenvalue weighted by Crippen LogP contribution is 2.33. The summed E-state index contributed by atoms with van der Waals surface area (Å²) < 4.78 is 27.5. The largest absolute Gasteiger partial charge is 0.330 e. The van der Waals surface area contributed by atoms with E-state index >= 15 is 0 Å². The maximum absolute atomic E-state index is 12.9. The molecule has 0 saturated heterocycles. The minimum absolute atomic E-state index is 0.255. The van der Waals surface area contributed by atoms with Crippen LogP contribution in [0.25, 0.3) is 5.65 Å². The van der Waals surface area contributed by atoms with Crippen molar-refractivity contribution in [2.45, 2.75) is 22.7 Å². The fraction of sp³-hybridized carbons (Fsp3) is 0.133. The molecule has 0 radical (unpaired) electrons. The van der Waals surface area contributed by atoms with Crippen LogP contribution in [-0.2, 0) is 0 Å². The van der Waals surface area contributed by atoms with Crippen LogP contribution in [0.5, 0.6) is 0 Å². The lowest BCUT2D eigenvalue weighted by atomic mass is 10.2. The average Bonchev–Trinajstić information content (AvgIpc) is 3.24.